The van der Waals surface area contributed by atoms with E-state index in [-0.39, 0.29) is 23.2 Å². The maximum Gasteiger partial charge on any atom is 0.425 e. The highest BCUT2D eigenvalue weighted by molar-refractivity contribution is 6.09. The minimum Gasteiger partial charge on any atom is -0.481 e. The van der Waals surface area contributed by atoms with Gasteiger partial charge in [-0.05, 0) is 54.7 Å². The van der Waals surface area contributed by atoms with Gasteiger partial charge in [-0.25, -0.2) is 4.79 Å². The largest absolute Gasteiger partial charge is 0.481 e. The Morgan fingerprint density at radius 1 is 1.10 bits per heavy atom. The van der Waals surface area contributed by atoms with Crippen molar-refractivity contribution in [1.82, 2.24) is 5.32 Å². The van der Waals surface area contributed by atoms with Gasteiger partial charge in [0.15, 0.2) is 6.10 Å². The van der Waals surface area contributed by atoms with Crippen molar-refractivity contribution < 1.29 is 27.8 Å². The van der Waals surface area contributed by atoms with Crippen LogP contribution in [0.5, 0.6) is 5.75 Å². The standard InChI is InChI=1S/C30H35F3N4O3/c1-36-17-26(35)23-15-24(23)27(25(16-34)29(38)39)37-21-11-5-9-19(13-21)20-10-6-12-22(14-20)40-28(30(31,32)33)18-7-3-2-4-8-18/h5-6,9-14,16-18,23-24,28,34,36-37H,2-4,7-8,15,35H2,1H3,(H,38,39)/b26-17-,27-25+,34-16?/t23?,24-,28?/m1/s1. The van der Waals surface area contributed by atoms with Gasteiger partial charge in [0.25, 0.3) is 0 Å². The summed E-state index contributed by atoms with van der Waals surface area (Å²) in [5.74, 6) is -1.90. The van der Waals surface area contributed by atoms with Crippen LogP contribution in [0.4, 0.5) is 18.9 Å². The number of rotatable bonds is 11. The third kappa shape index (κ3) is 6.97. The van der Waals surface area contributed by atoms with Gasteiger partial charge in [-0.15, -0.1) is 0 Å². The van der Waals surface area contributed by atoms with Gasteiger partial charge in [0.2, 0.25) is 0 Å². The van der Waals surface area contributed by atoms with Crippen molar-refractivity contribution in [2.45, 2.75) is 50.8 Å². The van der Waals surface area contributed by atoms with Gasteiger partial charge < -0.3 is 31.6 Å². The molecule has 6 N–H and O–H groups in total. The summed E-state index contributed by atoms with van der Waals surface area (Å²) in [4.78, 5) is 11.9. The van der Waals surface area contributed by atoms with Crippen LogP contribution in [0.15, 0.2) is 71.7 Å². The lowest BCUT2D eigenvalue weighted by atomic mass is 9.85. The number of carboxylic acid groups (broad SMARTS) is 1. The lowest BCUT2D eigenvalue weighted by Crippen LogP contribution is -2.41. The zero-order valence-corrected chi connectivity index (χ0v) is 22.3. The van der Waals surface area contributed by atoms with Gasteiger partial charge in [-0.1, -0.05) is 43.5 Å². The number of ether oxygens (including phenoxy) is 1. The van der Waals surface area contributed by atoms with Crippen LogP contribution in [0, 0.1) is 23.2 Å². The molecule has 0 heterocycles. The highest BCUT2D eigenvalue weighted by Gasteiger charge is 2.47. The van der Waals surface area contributed by atoms with Crippen LogP contribution >= 0.6 is 0 Å². The fourth-order valence-electron chi connectivity index (χ4n) is 5.47. The maximum absolute atomic E-state index is 13.9. The number of hydrogen-bond acceptors (Lipinski definition) is 6. The molecule has 2 fully saturated rings. The molecule has 214 valence electrons. The lowest BCUT2D eigenvalue weighted by molar-refractivity contribution is -0.212. The molecule has 2 aromatic rings. The average Bonchev–Trinajstić information content (AvgIpc) is 3.73. The second kappa shape index (κ2) is 12.5. The van der Waals surface area contributed by atoms with Crippen LogP contribution in [0.3, 0.4) is 0 Å². The number of alkyl halides is 3. The molecule has 0 amide bonds. The Morgan fingerprint density at radius 2 is 1.77 bits per heavy atom. The Morgan fingerprint density at radius 3 is 2.40 bits per heavy atom. The summed E-state index contributed by atoms with van der Waals surface area (Å²) in [6.45, 7) is 0. The molecule has 2 aliphatic carbocycles. The van der Waals surface area contributed by atoms with E-state index < -0.39 is 24.2 Å². The van der Waals surface area contributed by atoms with Crippen LogP contribution in [0.1, 0.15) is 38.5 Å². The van der Waals surface area contributed by atoms with E-state index in [0.717, 1.165) is 25.5 Å². The molecule has 0 spiro atoms. The first-order chi connectivity index (χ1) is 19.1. The quantitative estimate of drug-likeness (QED) is 0.164. The fraction of sp³-hybridized carbons (Fsp3) is 0.400. The topological polar surface area (TPSA) is 120 Å². The molecule has 40 heavy (non-hydrogen) atoms. The number of hydrogen-bond donors (Lipinski definition) is 5. The summed E-state index contributed by atoms with van der Waals surface area (Å²) in [7, 11) is 1.73. The predicted molar refractivity (Wildman–Crippen MR) is 149 cm³/mol. The third-order valence-corrected chi connectivity index (χ3v) is 7.54. The Kier molecular flexibility index (Phi) is 9.07. The Bertz CT molecular complexity index is 1280. The van der Waals surface area contributed by atoms with E-state index in [1.807, 2.05) is 6.07 Å². The molecule has 4 rings (SSSR count). The monoisotopic (exact) mass is 556 g/mol. The van der Waals surface area contributed by atoms with Crippen molar-refractivity contribution in [2.75, 3.05) is 12.4 Å². The highest BCUT2D eigenvalue weighted by atomic mass is 19.4. The number of nitrogens with one attached hydrogen (secondary N) is 3. The first kappa shape index (κ1) is 29.0. The number of nitrogens with two attached hydrogens (primary N) is 1. The molecule has 0 saturated heterocycles. The summed E-state index contributed by atoms with van der Waals surface area (Å²) in [5, 5.41) is 23.5. The number of allylic oxidation sites excluding steroid dienone is 2. The summed E-state index contributed by atoms with van der Waals surface area (Å²) in [6, 6.07) is 13.7. The molecular formula is C30H35F3N4O3. The summed E-state index contributed by atoms with van der Waals surface area (Å²) < 4.78 is 47.3. The smallest absolute Gasteiger partial charge is 0.425 e. The zero-order chi connectivity index (χ0) is 28.9. The van der Waals surface area contributed by atoms with Crippen LogP contribution in [-0.4, -0.2) is 36.6 Å². The van der Waals surface area contributed by atoms with Crippen molar-refractivity contribution in [3.05, 3.63) is 71.7 Å². The van der Waals surface area contributed by atoms with Gasteiger partial charge in [-0.2, -0.15) is 13.2 Å². The Labute approximate surface area is 231 Å². The Hall–Kier alpha value is -3.95. The van der Waals surface area contributed by atoms with E-state index in [1.54, 1.807) is 49.6 Å². The fourth-order valence-corrected chi connectivity index (χ4v) is 5.47. The first-order valence-corrected chi connectivity index (χ1v) is 13.4. The summed E-state index contributed by atoms with van der Waals surface area (Å²) in [6.07, 6.45) is 0.302. The summed E-state index contributed by atoms with van der Waals surface area (Å²) in [5.41, 5.74) is 8.88. The minimum atomic E-state index is -4.46. The molecule has 0 radical (unpaired) electrons. The molecule has 2 aromatic carbocycles. The molecule has 2 aliphatic rings. The van der Waals surface area contributed by atoms with E-state index in [4.69, 9.17) is 15.9 Å². The first-order valence-electron chi connectivity index (χ1n) is 13.4. The van der Waals surface area contributed by atoms with E-state index in [1.165, 1.54) is 6.07 Å². The zero-order valence-electron chi connectivity index (χ0n) is 22.3. The molecular weight excluding hydrogens is 521 g/mol. The van der Waals surface area contributed by atoms with Crippen molar-refractivity contribution >= 4 is 17.9 Å². The number of halogens is 3. The van der Waals surface area contributed by atoms with Crippen molar-refractivity contribution in [2.24, 2.45) is 23.5 Å². The number of aliphatic carboxylic acids is 1. The molecule has 2 unspecified atom stereocenters. The number of carboxylic acids is 1. The van der Waals surface area contributed by atoms with Crippen LogP contribution < -0.4 is 21.1 Å². The lowest BCUT2D eigenvalue weighted by Gasteiger charge is -2.32. The molecule has 0 aromatic heterocycles. The van der Waals surface area contributed by atoms with Crippen LogP contribution in [0.25, 0.3) is 11.1 Å². The number of benzene rings is 2. The molecule has 0 aliphatic heterocycles. The van der Waals surface area contributed by atoms with E-state index in [0.29, 0.717) is 47.5 Å². The predicted octanol–water partition coefficient (Wildman–Crippen LogP) is 6.30. The number of carbonyl (C=O) groups is 1. The molecule has 7 nitrogen and oxygen atoms in total. The number of anilines is 1. The van der Waals surface area contributed by atoms with Gasteiger partial charge in [-0.3, -0.25) is 0 Å². The molecule has 10 heteroatoms. The van der Waals surface area contributed by atoms with E-state index in [9.17, 15) is 23.1 Å². The van der Waals surface area contributed by atoms with Gasteiger partial charge in [0, 0.05) is 54.3 Å². The summed E-state index contributed by atoms with van der Waals surface area (Å²) >= 11 is 0. The molecule has 3 atom stereocenters. The molecule has 0 bridgehead atoms. The van der Waals surface area contributed by atoms with E-state index in [2.05, 4.69) is 10.6 Å². The van der Waals surface area contributed by atoms with Crippen molar-refractivity contribution in [3.8, 4) is 16.9 Å². The van der Waals surface area contributed by atoms with Crippen molar-refractivity contribution in [1.29, 1.82) is 5.41 Å². The SMILES string of the molecule is CN/C=C(\N)C1C[C@H]1/C(Nc1cccc(-c2cccc(OC(C3CCCCC3)C(F)(F)F)c2)c1)=C(/C=N)C(=O)O. The van der Waals surface area contributed by atoms with Crippen molar-refractivity contribution in [3.63, 3.8) is 0 Å². The maximum atomic E-state index is 13.9. The average molecular weight is 557 g/mol. The van der Waals surface area contributed by atoms with Crippen LogP contribution in [-0.2, 0) is 4.79 Å². The highest BCUT2D eigenvalue weighted by Crippen LogP contribution is 2.48. The van der Waals surface area contributed by atoms with E-state index >= 15 is 0 Å². The van der Waals surface area contributed by atoms with Crippen LogP contribution in [0.2, 0.25) is 0 Å². The van der Waals surface area contributed by atoms with Gasteiger partial charge in [0.1, 0.15) is 5.75 Å². The second-order valence-corrected chi connectivity index (χ2v) is 10.4. The Balaban J connectivity index is 1.58. The van der Waals surface area contributed by atoms with Gasteiger partial charge >= 0.3 is 12.1 Å². The normalized spacial score (nSPS) is 21.1. The third-order valence-electron chi connectivity index (χ3n) is 7.54. The second-order valence-electron chi connectivity index (χ2n) is 10.4. The molecule has 2 saturated carbocycles. The minimum absolute atomic E-state index is 0.0630. The van der Waals surface area contributed by atoms with Gasteiger partial charge in [0.05, 0.1) is 5.57 Å².